The number of nitrogens with one attached hydrogen (secondary N) is 1. The number of nitrogens with two attached hydrogens (primary N) is 1. The highest BCUT2D eigenvalue weighted by molar-refractivity contribution is 5.55. The number of nitro groups is 1. The van der Waals surface area contributed by atoms with Gasteiger partial charge in [0.15, 0.2) is 0 Å². The predicted molar refractivity (Wildman–Crippen MR) is 75.4 cm³/mol. The Kier molecular flexibility index (Phi) is 3.81. The summed E-state index contributed by atoms with van der Waals surface area (Å²) in [5, 5.41) is 10.8. The second-order valence-corrected chi connectivity index (χ2v) is 4.33. The Balaban J connectivity index is 2.49. The predicted octanol–water partition coefficient (Wildman–Crippen LogP) is 1.40. The normalized spacial score (nSPS) is 10.3. The number of hydrogen-bond acceptors (Lipinski definition) is 5. The van der Waals surface area contributed by atoms with Crippen molar-refractivity contribution in [3.05, 3.63) is 68.1 Å². The highest BCUT2D eigenvalue weighted by Gasteiger charge is 2.12. The summed E-state index contributed by atoms with van der Waals surface area (Å²) in [6, 6.07) is 9.21. The van der Waals surface area contributed by atoms with Crippen LogP contribution >= 0.6 is 0 Å². The smallest absolute Gasteiger partial charge is 0.269 e. The molecule has 0 fully saturated rings. The number of hydrazine groups is 1. The van der Waals surface area contributed by atoms with E-state index in [4.69, 9.17) is 5.84 Å². The number of nitro benzene ring substituents is 1. The monoisotopic (exact) mass is 274 g/mol. The van der Waals surface area contributed by atoms with Crippen LogP contribution in [0.3, 0.4) is 0 Å². The molecule has 3 N–H and O–H groups in total. The minimum atomic E-state index is -0.482. The van der Waals surface area contributed by atoms with E-state index in [-0.39, 0.29) is 17.8 Å². The summed E-state index contributed by atoms with van der Waals surface area (Å²) >= 11 is 0. The van der Waals surface area contributed by atoms with E-state index < -0.39 is 4.92 Å². The van der Waals surface area contributed by atoms with Gasteiger partial charge in [-0.25, -0.2) is 0 Å². The van der Waals surface area contributed by atoms with E-state index in [1.54, 1.807) is 19.1 Å². The molecule has 0 atom stereocenters. The number of rotatable bonds is 4. The number of benzene rings is 1. The second kappa shape index (κ2) is 5.54. The molecule has 0 spiro atoms. The Hall–Kier alpha value is -2.67. The van der Waals surface area contributed by atoms with Crippen molar-refractivity contribution in [3.63, 3.8) is 0 Å². The van der Waals surface area contributed by atoms with E-state index in [0.717, 1.165) is 5.69 Å². The molecule has 0 aliphatic heterocycles. The summed E-state index contributed by atoms with van der Waals surface area (Å²) in [6.07, 6.45) is 0. The molecule has 0 saturated carbocycles. The number of nitrogen functional groups attached to an aromatic ring is 1. The highest BCUT2D eigenvalue weighted by Crippen LogP contribution is 2.22. The van der Waals surface area contributed by atoms with Gasteiger partial charge in [0.2, 0.25) is 0 Å². The highest BCUT2D eigenvalue weighted by atomic mass is 16.6. The van der Waals surface area contributed by atoms with E-state index in [1.807, 2.05) is 0 Å². The van der Waals surface area contributed by atoms with Gasteiger partial charge in [-0.05, 0) is 19.1 Å². The van der Waals surface area contributed by atoms with Crippen LogP contribution in [0, 0.1) is 17.0 Å². The molecule has 0 unspecified atom stereocenters. The Labute approximate surface area is 114 Å². The lowest BCUT2D eigenvalue weighted by atomic mass is 10.1. The number of pyridine rings is 1. The third kappa shape index (κ3) is 2.67. The van der Waals surface area contributed by atoms with Crippen LogP contribution in [-0.2, 0) is 6.54 Å². The third-order valence-corrected chi connectivity index (χ3v) is 3.05. The maximum Gasteiger partial charge on any atom is 0.269 e. The van der Waals surface area contributed by atoms with Crippen molar-refractivity contribution < 1.29 is 4.92 Å². The largest absolute Gasteiger partial charge is 0.324 e. The molecule has 0 saturated heterocycles. The SMILES string of the molecule is Cc1cccc(=O)n1Cc1cc([N+](=O)[O-])ccc1NN. The number of anilines is 1. The van der Waals surface area contributed by atoms with Crippen molar-refractivity contribution in [1.82, 2.24) is 4.57 Å². The number of hydrogen-bond donors (Lipinski definition) is 2. The van der Waals surface area contributed by atoms with Gasteiger partial charge in [-0.1, -0.05) is 6.07 Å². The average molecular weight is 274 g/mol. The zero-order valence-corrected chi connectivity index (χ0v) is 10.9. The molecule has 7 nitrogen and oxygen atoms in total. The number of aryl methyl sites for hydroxylation is 1. The van der Waals surface area contributed by atoms with E-state index >= 15 is 0 Å². The van der Waals surface area contributed by atoms with E-state index in [0.29, 0.717) is 11.3 Å². The quantitative estimate of drug-likeness (QED) is 0.498. The first-order chi connectivity index (χ1) is 9.52. The fraction of sp³-hybridized carbons (Fsp3) is 0.154. The summed E-state index contributed by atoms with van der Waals surface area (Å²) in [6.45, 7) is 2.01. The molecular formula is C13H14N4O3. The van der Waals surface area contributed by atoms with Crippen LogP contribution in [0.5, 0.6) is 0 Å². The van der Waals surface area contributed by atoms with Crippen LogP contribution < -0.4 is 16.8 Å². The molecule has 104 valence electrons. The van der Waals surface area contributed by atoms with Crippen LogP contribution in [0.15, 0.2) is 41.2 Å². The molecule has 2 rings (SSSR count). The molecule has 0 aliphatic carbocycles. The lowest BCUT2D eigenvalue weighted by Gasteiger charge is -2.12. The van der Waals surface area contributed by atoms with Crippen molar-refractivity contribution in [2.24, 2.45) is 5.84 Å². The van der Waals surface area contributed by atoms with Crippen molar-refractivity contribution in [1.29, 1.82) is 0 Å². The summed E-state index contributed by atoms with van der Waals surface area (Å²) in [4.78, 5) is 22.2. The van der Waals surface area contributed by atoms with Crippen molar-refractivity contribution >= 4 is 11.4 Å². The number of aromatic nitrogens is 1. The van der Waals surface area contributed by atoms with Crippen LogP contribution in [0.1, 0.15) is 11.3 Å². The van der Waals surface area contributed by atoms with Gasteiger partial charge in [-0.2, -0.15) is 0 Å². The maximum atomic E-state index is 11.8. The van der Waals surface area contributed by atoms with Gasteiger partial charge in [0.1, 0.15) is 0 Å². The fourth-order valence-electron chi connectivity index (χ4n) is 1.96. The molecule has 2 aromatic rings. The lowest BCUT2D eigenvalue weighted by molar-refractivity contribution is -0.384. The first kappa shape index (κ1) is 13.8. The molecule has 0 bridgehead atoms. The minimum absolute atomic E-state index is 0.0411. The van der Waals surface area contributed by atoms with Crippen molar-refractivity contribution in [2.75, 3.05) is 5.43 Å². The second-order valence-electron chi connectivity index (χ2n) is 4.33. The van der Waals surface area contributed by atoms with Crippen LogP contribution in [0.25, 0.3) is 0 Å². The molecule has 7 heteroatoms. The molecule has 20 heavy (non-hydrogen) atoms. The average Bonchev–Trinajstić information content (AvgIpc) is 2.42. The standard InChI is InChI=1S/C13H14N4O3/c1-9-3-2-4-13(18)16(9)8-10-7-11(17(19)20)5-6-12(10)15-14/h2-7,15H,8,14H2,1H3. The van der Waals surface area contributed by atoms with Crippen LogP contribution in [-0.4, -0.2) is 9.49 Å². The van der Waals surface area contributed by atoms with E-state index in [2.05, 4.69) is 5.43 Å². The van der Waals surface area contributed by atoms with E-state index in [9.17, 15) is 14.9 Å². The van der Waals surface area contributed by atoms with Gasteiger partial charge in [-0.15, -0.1) is 0 Å². The molecule has 1 aromatic carbocycles. The van der Waals surface area contributed by atoms with Crippen LogP contribution in [0.4, 0.5) is 11.4 Å². The Morgan fingerprint density at radius 3 is 2.70 bits per heavy atom. The topological polar surface area (TPSA) is 103 Å². The van der Waals surface area contributed by atoms with E-state index in [1.165, 1.54) is 28.8 Å². The summed E-state index contributed by atoms with van der Waals surface area (Å²) in [7, 11) is 0. The van der Waals surface area contributed by atoms with Crippen molar-refractivity contribution in [2.45, 2.75) is 13.5 Å². The fourth-order valence-corrected chi connectivity index (χ4v) is 1.96. The first-order valence-electron chi connectivity index (χ1n) is 5.93. The zero-order chi connectivity index (χ0) is 14.7. The summed E-state index contributed by atoms with van der Waals surface area (Å²) in [5.41, 5.74) is 4.17. The first-order valence-corrected chi connectivity index (χ1v) is 5.93. The molecule has 0 radical (unpaired) electrons. The van der Waals surface area contributed by atoms with Gasteiger partial charge < -0.3 is 9.99 Å². The minimum Gasteiger partial charge on any atom is -0.324 e. The summed E-state index contributed by atoms with van der Waals surface area (Å²) in [5.74, 6) is 5.40. The molecule has 1 aromatic heterocycles. The molecule has 1 heterocycles. The van der Waals surface area contributed by atoms with Gasteiger partial charge in [-0.3, -0.25) is 20.8 Å². The Morgan fingerprint density at radius 2 is 2.10 bits per heavy atom. The van der Waals surface area contributed by atoms with Crippen LogP contribution in [0.2, 0.25) is 0 Å². The van der Waals surface area contributed by atoms with Gasteiger partial charge in [0.05, 0.1) is 17.2 Å². The number of nitrogens with zero attached hydrogens (tertiary/aromatic N) is 2. The van der Waals surface area contributed by atoms with Gasteiger partial charge >= 0.3 is 0 Å². The zero-order valence-electron chi connectivity index (χ0n) is 10.9. The Bertz CT molecular complexity index is 709. The maximum absolute atomic E-state index is 11.8. The Morgan fingerprint density at radius 1 is 1.35 bits per heavy atom. The van der Waals surface area contributed by atoms with Gasteiger partial charge in [0.25, 0.3) is 11.2 Å². The lowest BCUT2D eigenvalue weighted by Crippen LogP contribution is -2.22. The molecular weight excluding hydrogens is 260 g/mol. The number of non-ortho nitro benzene ring substituents is 1. The third-order valence-electron chi connectivity index (χ3n) is 3.05. The molecule has 0 aliphatic rings. The van der Waals surface area contributed by atoms with Crippen molar-refractivity contribution in [3.8, 4) is 0 Å². The van der Waals surface area contributed by atoms with Gasteiger partial charge in [0, 0.05) is 29.5 Å². The molecule has 0 amide bonds. The summed E-state index contributed by atoms with van der Waals surface area (Å²) < 4.78 is 1.53.